The number of aryl methyl sites for hydroxylation is 1. The van der Waals surface area contributed by atoms with Gasteiger partial charge < -0.3 is 15.4 Å². The van der Waals surface area contributed by atoms with Crippen LogP contribution in [0.4, 0.5) is 18.9 Å². The molecule has 0 spiro atoms. The van der Waals surface area contributed by atoms with Gasteiger partial charge in [-0.2, -0.15) is 28.3 Å². The fourth-order valence-corrected chi connectivity index (χ4v) is 4.28. The molecule has 1 aromatic carbocycles. The van der Waals surface area contributed by atoms with Crippen LogP contribution in [0.15, 0.2) is 36.5 Å². The molecule has 3 aromatic heterocycles. The Morgan fingerprint density at radius 3 is 2.53 bits per heavy atom. The van der Waals surface area contributed by atoms with Gasteiger partial charge in [0.2, 0.25) is 0 Å². The average molecular weight is 617 g/mol. The van der Waals surface area contributed by atoms with E-state index in [1.807, 2.05) is 6.07 Å². The van der Waals surface area contributed by atoms with Crippen molar-refractivity contribution in [3.05, 3.63) is 75.5 Å². The highest BCUT2D eigenvalue weighted by Gasteiger charge is 2.37. The first-order valence-electron chi connectivity index (χ1n) is 12.4. The first-order chi connectivity index (χ1) is 20.2. The van der Waals surface area contributed by atoms with E-state index in [0.717, 1.165) is 4.68 Å². The third-order valence-electron chi connectivity index (χ3n) is 5.85. The molecule has 17 heteroatoms. The number of amides is 2. The Morgan fingerprint density at radius 2 is 1.91 bits per heavy atom. The molecule has 0 unspecified atom stereocenters. The van der Waals surface area contributed by atoms with Gasteiger partial charge in [0.25, 0.3) is 17.6 Å². The minimum atomic E-state index is -4.80. The van der Waals surface area contributed by atoms with E-state index in [1.165, 1.54) is 37.6 Å². The fourth-order valence-electron chi connectivity index (χ4n) is 4.08. The standard InChI is InChI=1S/C26H24ClF3N10O3/c1-14-8-15(11-31)9-17(22(41)34-25(2,3)13-43-4)20(14)33-23(42)19-10-16(12-39-37-24(35-38-39)26(28,29)30)36-40(19)21-18(27)6-5-7-32-21/h5-10H,12-13H2,1-4H3,(H,33,42)(H,34,41). The van der Waals surface area contributed by atoms with Gasteiger partial charge in [-0.15, -0.1) is 10.2 Å². The van der Waals surface area contributed by atoms with Crippen molar-refractivity contribution in [2.24, 2.45) is 0 Å². The number of tetrazole rings is 1. The van der Waals surface area contributed by atoms with Crippen molar-refractivity contribution in [1.29, 1.82) is 5.26 Å². The monoisotopic (exact) mass is 616 g/mol. The Bertz CT molecular complexity index is 1730. The maximum Gasteiger partial charge on any atom is 0.455 e. The van der Waals surface area contributed by atoms with Gasteiger partial charge in [-0.3, -0.25) is 9.59 Å². The molecule has 0 radical (unpaired) electrons. The molecule has 4 rings (SSSR count). The number of anilines is 1. The number of hydrogen-bond acceptors (Lipinski definition) is 9. The molecule has 0 aliphatic rings. The SMILES string of the molecule is COCC(C)(C)NC(=O)c1cc(C#N)cc(C)c1NC(=O)c1cc(Cn2nnc(C(F)(F)F)n2)nn1-c1ncccc1Cl. The van der Waals surface area contributed by atoms with Crippen LogP contribution in [0.5, 0.6) is 0 Å². The molecule has 0 aliphatic carbocycles. The molecule has 4 aromatic rings. The first kappa shape index (κ1) is 31.1. The van der Waals surface area contributed by atoms with Crippen molar-refractivity contribution in [2.75, 3.05) is 19.0 Å². The number of alkyl halides is 3. The zero-order valence-electron chi connectivity index (χ0n) is 23.2. The maximum absolute atomic E-state index is 13.7. The number of ether oxygens (including phenoxy) is 1. The molecule has 2 N–H and O–H groups in total. The van der Waals surface area contributed by atoms with Gasteiger partial charge in [-0.25, -0.2) is 9.67 Å². The van der Waals surface area contributed by atoms with Crippen LogP contribution in [0, 0.1) is 18.3 Å². The predicted octanol–water partition coefficient (Wildman–Crippen LogP) is 3.56. The summed E-state index contributed by atoms with van der Waals surface area (Å²) in [6.45, 7) is 4.91. The molecule has 13 nitrogen and oxygen atoms in total. The van der Waals surface area contributed by atoms with E-state index in [1.54, 1.807) is 26.8 Å². The lowest BCUT2D eigenvalue weighted by Gasteiger charge is -2.26. The second-order valence-corrected chi connectivity index (χ2v) is 10.3. The van der Waals surface area contributed by atoms with E-state index in [0.29, 0.717) is 10.4 Å². The summed E-state index contributed by atoms with van der Waals surface area (Å²) in [5.41, 5.74) is -0.0944. The molecule has 0 bridgehead atoms. The minimum absolute atomic E-state index is 0.0164. The molecule has 224 valence electrons. The van der Waals surface area contributed by atoms with Gasteiger partial charge in [0.1, 0.15) is 12.2 Å². The highest BCUT2D eigenvalue weighted by atomic mass is 35.5. The predicted molar refractivity (Wildman–Crippen MR) is 146 cm³/mol. The molecule has 2 amide bonds. The van der Waals surface area contributed by atoms with E-state index < -0.39 is 29.4 Å². The number of nitrogens with one attached hydrogen (secondary N) is 2. The average Bonchev–Trinajstić information content (AvgIpc) is 3.57. The van der Waals surface area contributed by atoms with Crippen LogP contribution in [-0.4, -0.2) is 66.0 Å². The Morgan fingerprint density at radius 1 is 1.16 bits per heavy atom. The highest BCUT2D eigenvalue weighted by Crippen LogP contribution is 2.27. The molecule has 0 aliphatic heterocycles. The third kappa shape index (κ3) is 7.13. The van der Waals surface area contributed by atoms with Crippen LogP contribution in [-0.2, 0) is 17.5 Å². The first-order valence-corrected chi connectivity index (χ1v) is 12.8. The van der Waals surface area contributed by atoms with Crippen LogP contribution in [0.1, 0.15) is 57.3 Å². The number of benzene rings is 1. The largest absolute Gasteiger partial charge is 0.455 e. The smallest absolute Gasteiger partial charge is 0.382 e. The maximum atomic E-state index is 13.7. The fraction of sp³-hybridized carbons (Fsp3) is 0.308. The van der Waals surface area contributed by atoms with Gasteiger partial charge in [0.15, 0.2) is 5.82 Å². The summed E-state index contributed by atoms with van der Waals surface area (Å²) in [6.07, 6.45) is -3.39. The summed E-state index contributed by atoms with van der Waals surface area (Å²) in [7, 11) is 1.49. The minimum Gasteiger partial charge on any atom is -0.382 e. The van der Waals surface area contributed by atoms with E-state index in [-0.39, 0.29) is 52.2 Å². The van der Waals surface area contributed by atoms with Crippen LogP contribution < -0.4 is 10.6 Å². The number of carbonyl (C=O) groups is 2. The number of hydrogen-bond donors (Lipinski definition) is 2. The van der Waals surface area contributed by atoms with Crippen molar-refractivity contribution in [1.82, 2.24) is 40.3 Å². The second-order valence-electron chi connectivity index (χ2n) is 9.94. The van der Waals surface area contributed by atoms with Crippen molar-refractivity contribution < 1.29 is 27.5 Å². The second kappa shape index (κ2) is 12.2. The van der Waals surface area contributed by atoms with Crippen molar-refractivity contribution >= 4 is 29.1 Å². The molecule has 0 atom stereocenters. The lowest BCUT2D eigenvalue weighted by molar-refractivity contribution is -0.145. The van der Waals surface area contributed by atoms with Gasteiger partial charge in [-0.1, -0.05) is 11.6 Å². The van der Waals surface area contributed by atoms with Gasteiger partial charge in [0.05, 0.1) is 45.7 Å². The summed E-state index contributed by atoms with van der Waals surface area (Å²) >= 11 is 6.32. The van der Waals surface area contributed by atoms with Crippen LogP contribution >= 0.6 is 11.6 Å². The van der Waals surface area contributed by atoms with Crippen molar-refractivity contribution in [2.45, 2.75) is 39.0 Å². The van der Waals surface area contributed by atoms with Crippen LogP contribution in [0.25, 0.3) is 5.82 Å². The summed E-state index contributed by atoms with van der Waals surface area (Å²) in [6, 6.07) is 9.19. The molecule has 3 heterocycles. The van der Waals surface area contributed by atoms with E-state index in [4.69, 9.17) is 16.3 Å². The number of halogens is 4. The molecule has 0 fully saturated rings. The normalized spacial score (nSPS) is 11.7. The summed E-state index contributed by atoms with van der Waals surface area (Å²) in [5.74, 6) is -2.72. The zero-order valence-corrected chi connectivity index (χ0v) is 23.9. The van der Waals surface area contributed by atoms with E-state index >= 15 is 0 Å². The Balaban J connectivity index is 1.74. The molecule has 0 saturated carbocycles. The van der Waals surface area contributed by atoms with Gasteiger partial charge in [0, 0.05) is 13.3 Å². The highest BCUT2D eigenvalue weighted by molar-refractivity contribution is 6.32. The molecule has 43 heavy (non-hydrogen) atoms. The van der Waals surface area contributed by atoms with E-state index in [2.05, 4.69) is 36.1 Å². The third-order valence-corrected chi connectivity index (χ3v) is 6.14. The van der Waals surface area contributed by atoms with E-state index in [9.17, 15) is 28.0 Å². The number of pyridine rings is 1. The summed E-state index contributed by atoms with van der Waals surface area (Å²) < 4.78 is 45.1. The Kier molecular flexibility index (Phi) is 8.78. The number of methoxy groups -OCH3 is 1. The summed E-state index contributed by atoms with van der Waals surface area (Å²) in [4.78, 5) is 31.9. The van der Waals surface area contributed by atoms with Crippen molar-refractivity contribution in [3.8, 4) is 11.9 Å². The quantitative estimate of drug-likeness (QED) is 0.286. The lowest BCUT2D eigenvalue weighted by Crippen LogP contribution is -2.47. The molecule has 0 saturated heterocycles. The number of nitriles is 1. The molecular weight excluding hydrogens is 593 g/mol. The zero-order chi connectivity index (χ0) is 31.5. The summed E-state index contributed by atoms with van der Waals surface area (Å²) in [5, 5.41) is 29.2. The number of nitrogens with zero attached hydrogens (tertiary/aromatic N) is 8. The van der Waals surface area contributed by atoms with Crippen molar-refractivity contribution in [3.63, 3.8) is 0 Å². The number of rotatable bonds is 9. The molecular formula is C26H24ClF3N10O3. The lowest BCUT2D eigenvalue weighted by atomic mass is 10.0. The van der Waals surface area contributed by atoms with Crippen LogP contribution in [0.3, 0.4) is 0 Å². The van der Waals surface area contributed by atoms with Gasteiger partial charge >= 0.3 is 6.18 Å². The number of carbonyl (C=O) groups excluding carboxylic acids is 2. The Hall–Kier alpha value is -4.88. The number of aromatic nitrogens is 7. The van der Waals surface area contributed by atoms with Crippen LogP contribution in [0.2, 0.25) is 5.02 Å². The Labute approximate surface area is 247 Å². The van der Waals surface area contributed by atoms with Gasteiger partial charge in [-0.05, 0) is 61.9 Å². The topological polar surface area (TPSA) is 166 Å².